The summed E-state index contributed by atoms with van der Waals surface area (Å²) in [5.41, 5.74) is 8.49. The number of aliphatic carboxylic acids is 1. The summed E-state index contributed by atoms with van der Waals surface area (Å²) in [5.74, 6) is 2.31. The zero-order chi connectivity index (χ0) is 33.0. The van der Waals surface area contributed by atoms with Gasteiger partial charge >= 0.3 is 5.97 Å². The van der Waals surface area contributed by atoms with E-state index >= 15 is 0 Å². The lowest BCUT2D eigenvalue weighted by atomic mass is 9.44. The summed E-state index contributed by atoms with van der Waals surface area (Å²) in [6.45, 7) is 12.9. The Kier molecular flexibility index (Phi) is 7.97. The predicted octanol–water partition coefficient (Wildman–Crippen LogP) is 4.95. The number of hydrogen-bond donors (Lipinski definition) is 3. The molecule has 47 heavy (non-hydrogen) atoms. The number of carbonyl (C=O) groups excluding carboxylic acids is 1. The molecule has 8 fully saturated rings. The molecule has 12 atom stereocenters. The van der Waals surface area contributed by atoms with Crippen molar-refractivity contribution in [2.75, 3.05) is 32.8 Å². The van der Waals surface area contributed by atoms with Crippen LogP contribution in [-0.4, -0.2) is 84.8 Å². The number of rotatable bonds is 9. The Balaban J connectivity index is 0.950. The van der Waals surface area contributed by atoms with Gasteiger partial charge in [-0.15, -0.1) is 0 Å². The van der Waals surface area contributed by atoms with Crippen molar-refractivity contribution >= 4 is 11.9 Å². The number of morpholine rings is 1. The maximum absolute atomic E-state index is 12.9. The molecule has 0 aromatic carbocycles. The third-order valence-corrected chi connectivity index (χ3v) is 16.0. The highest BCUT2D eigenvalue weighted by molar-refractivity contribution is 5.76. The van der Waals surface area contributed by atoms with E-state index in [1.807, 2.05) is 4.90 Å². The van der Waals surface area contributed by atoms with Gasteiger partial charge in [0.15, 0.2) is 6.29 Å². The summed E-state index contributed by atoms with van der Waals surface area (Å²) in [4.78, 5) is 25.9. The van der Waals surface area contributed by atoms with Gasteiger partial charge in [-0.1, -0.05) is 27.7 Å². The molecule has 8 aliphatic rings. The normalized spacial score (nSPS) is 49.6. The van der Waals surface area contributed by atoms with Gasteiger partial charge in [-0.2, -0.15) is 0 Å². The highest BCUT2D eigenvalue weighted by atomic mass is 16.7. The minimum absolute atomic E-state index is 0.0427. The quantitative estimate of drug-likeness (QED) is 0.298. The minimum atomic E-state index is -0.763. The first-order valence-electron chi connectivity index (χ1n) is 19.2. The van der Waals surface area contributed by atoms with Gasteiger partial charge in [0, 0.05) is 31.6 Å². The Morgan fingerprint density at radius 2 is 1.81 bits per heavy atom. The van der Waals surface area contributed by atoms with Crippen molar-refractivity contribution in [2.24, 2.45) is 57.0 Å². The Morgan fingerprint density at radius 3 is 2.57 bits per heavy atom. The summed E-state index contributed by atoms with van der Waals surface area (Å²) in [6, 6.07) is 0. The van der Waals surface area contributed by atoms with Crippen LogP contribution in [0, 0.1) is 51.2 Å². The number of hydrogen-bond acceptors (Lipinski definition) is 7. The first-order chi connectivity index (χ1) is 22.3. The van der Waals surface area contributed by atoms with Gasteiger partial charge in [0.25, 0.3) is 0 Å². The number of amides is 1. The molecule has 2 heterocycles. The van der Waals surface area contributed by atoms with Crippen LogP contribution in [0.5, 0.6) is 0 Å². The third-order valence-electron chi connectivity index (χ3n) is 16.0. The average molecular weight is 656 g/mol. The second-order valence-electron chi connectivity index (χ2n) is 18.5. The molecule has 4 N–H and O–H groups in total. The molecule has 12 unspecified atom stereocenters. The number of ether oxygens (including phenoxy) is 3. The molecule has 6 aliphatic carbocycles. The van der Waals surface area contributed by atoms with Crippen LogP contribution in [0.1, 0.15) is 111 Å². The predicted molar refractivity (Wildman–Crippen MR) is 177 cm³/mol. The van der Waals surface area contributed by atoms with Crippen molar-refractivity contribution in [2.45, 2.75) is 141 Å². The van der Waals surface area contributed by atoms with Crippen molar-refractivity contribution in [3.8, 4) is 0 Å². The van der Waals surface area contributed by atoms with E-state index in [-0.39, 0.29) is 53.3 Å². The monoisotopic (exact) mass is 655 g/mol. The van der Waals surface area contributed by atoms with E-state index in [1.54, 1.807) is 0 Å². The fraction of sp³-hybridized carbons (Fsp3) is 0.947. The summed E-state index contributed by atoms with van der Waals surface area (Å²) < 4.78 is 19.8. The van der Waals surface area contributed by atoms with E-state index in [9.17, 15) is 9.59 Å². The molecule has 9 nitrogen and oxygen atoms in total. The summed E-state index contributed by atoms with van der Waals surface area (Å²) in [6.07, 6.45) is 13.9. The molecule has 264 valence electrons. The molecular formula is C38H61N3O6. The highest BCUT2D eigenvalue weighted by Gasteiger charge is 2.83. The lowest BCUT2D eigenvalue weighted by Gasteiger charge is -2.63. The number of carbonyl (C=O) groups is 2. The van der Waals surface area contributed by atoms with Gasteiger partial charge in [-0.3, -0.25) is 9.59 Å². The van der Waals surface area contributed by atoms with Gasteiger partial charge in [-0.05, 0) is 122 Å². The second kappa shape index (κ2) is 11.4. The van der Waals surface area contributed by atoms with E-state index in [0.717, 1.165) is 19.3 Å². The van der Waals surface area contributed by atoms with Crippen LogP contribution >= 0.6 is 0 Å². The second-order valence-corrected chi connectivity index (χ2v) is 18.5. The van der Waals surface area contributed by atoms with E-state index in [1.165, 1.54) is 51.4 Å². The Hall–Kier alpha value is -1.26. The van der Waals surface area contributed by atoms with E-state index in [2.05, 4.69) is 33.0 Å². The van der Waals surface area contributed by atoms with Crippen molar-refractivity contribution in [1.29, 1.82) is 0 Å². The Bertz CT molecular complexity index is 1260. The molecule has 2 aliphatic heterocycles. The van der Waals surface area contributed by atoms with Crippen molar-refractivity contribution in [3.63, 3.8) is 0 Å². The maximum atomic E-state index is 12.9. The first kappa shape index (κ1) is 32.9. The standard InChI is InChI=1S/C38H61N3O6/c1-23-17-25(20-40-14-10-31(43)44)46-26-19-38(39)28-8-7-27-34(2,3)29(47-32-21-41(15-16-45-32)30(42)18-24-5-6-24)9-11-36(27)22-37(28,36)13-12-35(38,4)33(23)26/h23-29,32-33,40H,5-22,39H2,1-4H3,(H,43,44). The van der Waals surface area contributed by atoms with Gasteiger partial charge in [0.05, 0.1) is 37.9 Å². The number of nitrogens with one attached hydrogen (secondary N) is 1. The zero-order valence-corrected chi connectivity index (χ0v) is 29.4. The summed E-state index contributed by atoms with van der Waals surface area (Å²) in [7, 11) is 0. The molecule has 2 spiro atoms. The molecule has 0 bridgehead atoms. The molecule has 0 radical (unpaired) electrons. The highest BCUT2D eigenvalue weighted by Crippen LogP contribution is 2.87. The van der Waals surface area contributed by atoms with E-state index < -0.39 is 5.97 Å². The van der Waals surface area contributed by atoms with E-state index in [0.29, 0.717) is 79.6 Å². The lowest BCUT2D eigenvalue weighted by Crippen LogP contribution is -2.66. The van der Waals surface area contributed by atoms with Crippen LogP contribution in [0.4, 0.5) is 0 Å². The smallest absolute Gasteiger partial charge is 0.304 e. The summed E-state index contributed by atoms with van der Waals surface area (Å²) in [5, 5.41) is 12.4. The van der Waals surface area contributed by atoms with Crippen LogP contribution in [0.25, 0.3) is 0 Å². The number of nitrogens with zero attached hydrogens (tertiary/aromatic N) is 1. The zero-order valence-electron chi connectivity index (χ0n) is 29.4. The van der Waals surface area contributed by atoms with Crippen molar-refractivity contribution < 1.29 is 28.9 Å². The fourth-order valence-electron chi connectivity index (χ4n) is 13.7. The van der Waals surface area contributed by atoms with Crippen LogP contribution in [0.3, 0.4) is 0 Å². The maximum Gasteiger partial charge on any atom is 0.304 e. The van der Waals surface area contributed by atoms with Crippen LogP contribution in [0.2, 0.25) is 0 Å². The number of fused-ring (bicyclic) bond motifs is 4. The Labute approximate surface area is 281 Å². The van der Waals surface area contributed by atoms with Gasteiger partial charge < -0.3 is 35.3 Å². The molecule has 1 amide bonds. The summed E-state index contributed by atoms with van der Waals surface area (Å²) >= 11 is 0. The fourth-order valence-corrected chi connectivity index (χ4v) is 13.7. The van der Waals surface area contributed by atoms with Crippen LogP contribution in [-0.2, 0) is 23.8 Å². The lowest BCUT2D eigenvalue weighted by molar-refractivity contribution is -0.244. The largest absolute Gasteiger partial charge is 0.481 e. The first-order valence-corrected chi connectivity index (χ1v) is 19.2. The minimum Gasteiger partial charge on any atom is -0.481 e. The molecule has 0 aromatic rings. The molecule has 9 heteroatoms. The third kappa shape index (κ3) is 5.01. The number of nitrogens with two attached hydrogens (primary N) is 1. The number of carboxylic acids is 1. The van der Waals surface area contributed by atoms with Gasteiger partial charge in [-0.25, -0.2) is 0 Å². The molecule has 6 saturated carbocycles. The average Bonchev–Trinajstić information content (AvgIpc) is 3.93. The topological polar surface area (TPSA) is 123 Å². The van der Waals surface area contributed by atoms with Gasteiger partial charge in [0.1, 0.15) is 0 Å². The molecule has 2 saturated heterocycles. The van der Waals surface area contributed by atoms with E-state index in [4.69, 9.17) is 25.1 Å². The van der Waals surface area contributed by atoms with Crippen molar-refractivity contribution in [3.05, 3.63) is 0 Å². The van der Waals surface area contributed by atoms with Crippen LogP contribution in [0.15, 0.2) is 0 Å². The van der Waals surface area contributed by atoms with Crippen LogP contribution < -0.4 is 11.1 Å². The SMILES string of the molecule is CC1CC(CNCCC(=O)O)OC2CC3(N)C4CCC5C(C)(C)C(OC6CN(C(=O)CC7CC7)CCO6)CCC56CC46CCC3(C)C12. The molecule has 8 rings (SSSR count). The van der Waals surface area contributed by atoms with Gasteiger partial charge in [0.2, 0.25) is 5.91 Å². The Morgan fingerprint density at radius 1 is 1.04 bits per heavy atom. The van der Waals surface area contributed by atoms with Crippen molar-refractivity contribution in [1.82, 2.24) is 10.2 Å². The molecule has 0 aromatic heterocycles. The molecular weight excluding hydrogens is 594 g/mol. The number of carboxylic acid groups (broad SMARTS) is 1.